The van der Waals surface area contributed by atoms with Crippen LogP contribution in [-0.4, -0.2) is 80.6 Å². The average Bonchev–Trinajstić information content (AvgIpc) is 2.65. The Kier molecular flexibility index (Phi) is 7.54. The zero-order valence-electron chi connectivity index (χ0n) is 15.9. The van der Waals surface area contributed by atoms with Gasteiger partial charge >= 0.3 is 0 Å². The lowest BCUT2D eigenvalue weighted by Crippen LogP contribution is -2.47. The summed E-state index contributed by atoms with van der Waals surface area (Å²) < 4.78 is 27.1. The van der Waals surface area contributed by atoms with Crippen molar-refractivity contribution in [3.63, 3.8) is 0 Å². The van der Waals surface area contributed by atoms with E-state index in [4.69, 9.17) is 0 Å². The number of aliphatic hydroxyl groups is 1. The topological polar surface area (TPSA) is 107 Å². The maximum absolute atomic E-state index is 12.9. The SMILES string of the molecule is CCCCN(CCO)c1ccc(S(=O)(=O)N2CCN(C)CC2)cc1[N+](=O)[O-]. The van der Waals surface area contributed by atoms with E-state index in [9.17, 15) is 23.6 Å². The Morgan fingerprint density at radius 2 is 1.89 bits per heavy atom. The van der Waals surface area contributed by atoms with Crippen molar-refractivity contribution >= 4 is 21.4 Å². The molecular weight excluding hydrogens is 372 g/mol. The molecule has 1 aliphatic heterocycles. The molecule has 0 spiro atoms. The third-order valence-corrected chi connectivity index (χ3v) is 6.63. The first-order valence-corrected chi connectivity index (χ1v) is 10.6. The molecule has 152 valence electrons. The Labute approximate surface area is 160 Å². The van der Waals surface area contributed by atoms with E-state index in [-0.39, 0.29) is 23.7 Å². The number of nitrogens with zero attached hydrogens (tertiary/aromatic N) is 4. The molecule has 1 aliphatic rings. The van der Waals surface area contributed by atoms with E-state index in [2.05, 4.69) is 0 Å². The van der Waals surface area contributed by atoms with E-state index in [0.717, 1.165) is 18.9 Å². The summed E-state index contributed by atoms with van der Waals surface area (Å²) in [4.78, 5) is 14.7. The third-order valence-electron chi connectivity index (χ3n) is 4.74. The number of piperazine rings is 1. The molecule has 0 bridgehead atoms. The van der Waals surface area contributed by atoms with Crippen LogP contribution in [0.2, 0.25) is 0 Å². The van der Waals surface area contributed by atoms with Crippen molar-refractivity contribution in [2.75, 3.05) is 57.8 Å². The van der Waals surface area contributed by atoms with Gasteiger partial charge in [0, 0.05) is 45.3 Å². The van der Waals surface area contributed by atoms with Crippen LogP contribution in [0, 0.1) is 10.1 Å². The van der Waals surface area contributed by atoms with Crippen LogP contribution in [0.15, 0.2) is 23.1 Å². The number of unbranched alkanes of at least 4 members (excludes halogenated alkanes) is 1. The second-order valence-corrected chi connectivity index (χ2v) is 8.62. The molecule has 1 aromatic rings. The number of nitro benzene ring substituents is 1. The smallest absolute Gasteiger partial charge is 0.293 e. The van der Waals surface area contributed by atoms with E-state index >= 15 is 0 Å². The minimum Gasteiger partial charge on any atom is -0.395 e. The van der Waals surface area contributed by atoms with Crippen LogP contribution in [0.25, 0.3) is 0 Å². The number of benzene rings is 1. The van der Waals surface area contributed by atoms with Crippen molar-refractivity contribution < 1.29 is 18.4 Å². The highest BCUT2D eigenvalue weighted by Crippen LogP contribution is 2.32. The molecule has 27 heavy (non-hydrogen) atoms. The Morgan fingerprint density at radius 3 is 2.44 bits per heavy atom. The highest BCUT2D eigenvalue weighted by molar-refractivity contribution is 7.89. The molecule has 1 N–H and O–H groups in total. The monoisotopic (exact) mass is 400 g/mol. The van der Waals surface area contributed by atoms with Gasteiger partial charge in [-0.1, -0.05) is 13.3 Å². The van der Waals surface area contributed by atoms with Crippen LogP contribution in [0.3, 0.4) is 0 Å². The molecule has 2 rings (SSSR count). The number of sulfonamides is 1. The number of rotatable bonds is 9. The first-order chi connectivity index (χ1) is 12.8. The number of aliphatic hydroxyl groups excluding tert-OH is 1. The quantitative estimate of drug-likeness (QED) is 0.489. The molecule has 0 aliphatic carbocycles. The van der Waals surface area contributed by atoms with Gasteiger partial charge in [0.2, 0.25) is 10.0 Å². The van der Waals surface area contributed by atoms with Gasteiger partial charge in [0.15, 0.2) is 0 Å². The van der Waals surface area contributed by atoms with E-state index in [1.54, 1.807) is 4.90 Å². The fourth-order valence-corrected chi connectivity index (χ4v) is 4.52. The van der Waals surface area contributed by atoms with E-state index in [1.807, 2.05) is 18.9 Å². The summed E-state index contributed by atoms with van der Waals surface area (Å²) in [5.74, 6) is 0. The Hall–Kier alpha value is -1.75. The molecule has 9 nitrogen and oxygen atoms in total. The summed E-state index contributed by atoms with van der Waals surface area (Å²) in [6.07, 6.45) is 1.73. The van der Waals surface area contributed by atoms with Gasteiger partial charge in [-0.15, -0.1) is 0 Å². The number of anilines is 1. The summed E-state index contributed by atoms with van der Waals surface area (Å²) in [7, 11) is -1.85. The number of nitro groups is 1. The predicted octanol–water partition coefficient (Wildman–Crippen LogP) is 1.13. The van der Waals surface area contributed by atoms with Gasteiger partial charge in [-0.2, -0.15) is 4.31 Å². The zero-order chi connectivity index (χ0) is 20.0. The van der Waals surface area contributed by atoms with Gasteiger partial charge in [0.25, 0.3) is 5.69 Å². The minimum atomic E-state index is -3.78. The second kappa shape index (κ2) is 9.45. The molecule has 0 unspecified atom stereocenters. The van der Waals surface area contributed by atoms with Crippen LogP contribution in [0.1, 0.15) is 19.8 Å². The van der Waals surface area contributed by atoms with Gasteiger partial charge in [-0.3, -0.25) is 10.1 Å². The largest absolute Gasteiger partial charge is 0.395 e. The van der Waals surface area contributed by atoms with Gasteiger partial charge in [0.05, 0.1) is 16.4 Å². The van der Waals surface area contributed by atoms with Crippen LogP contribution in [0.4, 0.5) is 11.4 Å². The average molecular weight is 401 g/mol. The van der Waals surface area contributed by atoms with Crippen LogP contribution in [0.5, 0.6) is 0 Å². The minimum absolute atomic E-state index is 0.0676. The maximum atomic E-state index is 12.9. The van der Waals surface area contributed by atoms with Crippen LogP contribution >= 0.6 is 0 Å². The van der Waals surface area contributed by atoms with Crippen molar-refractivity contribution in [1.29, 1.82) is 0 Å². The first kappa shape index (κ1) is 21.5. The molecule has 1 aromatic carbocycles. The van der Waals surface area contributed by atoms with Crippen LogP contribution in [-0.2, 0) is 10.0 Å². The second-order valence-electron chi connectivity index (χ2n) is 6.68. The molecule has 0 atom stereocenters. The highest BCUT2D eigenvalue weighted by atomic mass is 32.2. The maximum Gasteiger partial charge on any atom is 0.293 e. The van der Waals surface area contributed by atoms with Gasteiger partial charge in [0.1, 0.15) is 5.69 Å². The Balaban J connectivity index is 2.37. The van der Waals surface area contributed by atoms with E-state index < -0.39 is 14.9 Å². The van der Waals surface area contributed by atoms with E-state index in [1.165, 1.54) is 16.4 Å². The van der Waals surface area contributed by atoms with Crippen molar-refractivity contribution in [3.8, 4) is 0 Å². The molecule has 1 heterocycles. The summed E-state index contributed by atoms with van der Waals surface area (Å²) in [6, 6.07) is 4.04. The molecule has 0 radical (unpaired) electrons. The van der Waals surface area contributed by atoms with Gasteiger partial charge in [-0.25, -0.2) is 8.42 Å². The highest BCUT2D eigenvalue weighted by Gasteiger charge is 2.30. The van der Waals surface area contributed by atoms with Gasteiger partial charge in [-0.05, 0) is 25.6 Å². The molecule has 1 saturated heterocycles. The van der Waals surface area contributed by atoms with E-state index in [0.29, 0.717) is 38.4 Å². The van der Waals surface area contributed by atoms with Gasteiger partial charge < -0.3 is 14.9 Å². The standard InChI is InChI=1S/C17H28N4O5S/c1-3-4-7-19(12-13-22)16-6-5-15(14-17(16)21(23)24)27(25,26)20-10-8-18(2)9-11-20/h5-6,14,22H,3-4,7-13H2,1-2H3. The Morgan fingerprint density at radius 1 is 1.22 bits per heavy atom. The number of likely N-dealkylation sites (N-methyl/N-ethyl adjacent to an activating group) is 1. The number of hydrogen-bond acceptors (Lipinski definition) is 7. The molecule has 0 amide bonds. The first-order valence-electron chi connectivity index (χ1n) is 9.14. The normalized spacial score (nSPS) is 16.4. The summed E-state index contributed by atoms with van der Waals surface area (Å²) >= 11 is 0. The zero-order valence-corrected chi connectivity index (χ0v) is 16.7. The molecule has 0 aromatic heterocycles. The van der Waals surface area contributed by atoms with Crippen molar-refractivity contribution in [1.82, 2.24) is 9.21 Å². The van der Waals surface area contributed by atoms with Crippen molar-refractivity contribution in [3.05, 3.63) is 28.3 Å². The third kappa shape index (κ3) is 5.16. The fraction of sp³-hybridized carbons (Fsp3) is 0.647. The van der Waals surface area contributed by atoms with Crippen molar-refractivity contribution in [2.24, 2.45) is 0 Å². The summed E-state index contributed by atoms with van der Waals surface area (Å²) in [5, 5.41) is 20.9. The summed E-state index contributed by atoms with van der Waals surface area (Å²) in [6.45, 7) is 4.66. The lowest BCUT2D eigenvalue weighted by Gasteiger charge is -2.31. The van der Waals surface area contributed by atoms with Crippen LogP contribution < -0.4 is 4.90 Å². The lowest BCUT2D eigenvalue weighted by atomic mass is 10.2. The summed E-state index contributed by atoms with van der Waals surface area (Å²) in [5.41, 5.74) is 0.0783. The molecule has 1 fully saturated rings. The number of hydrogen-bond donors (Lipinski definition) is 1. The van der Waals surface area contributed by atoms with Crippen molar-refractivity contribution in [2.45, 2.75) is 24.7 Å². The fourth-order valence-electron chi connectivity index (χ4n) is 3.08. The Bertz CT molecular complexity index is 748. The predicted molar refractivity (Wildman–Crippen MR) is 104 cm³/mol. The molecular formula is C17H28N4O5S. The molecule has 0 saturated carbocycles. The lowest BCUT2D eigenvalue weighted by molar-refractivity contribution is -0.384. The molecule has 10 heteroatoms.